The Morgan fingerprint density at radius 1 is 1.16 bits per heavy atom. The minimum atomic E-state index is -4.38. The molecule has 174 valence electrons. The molecule has 2 aliphatic rings. The number of fused-ring (bicyclic) bond motifs is 2. The Morgan fingerprint density at radius 2 is 1.91 bits per heavy atom. The quantitative estimate of drug-likeness (QED) is 0.649. The predicted molar refractivity (Wildman–Crippen MR) is 115 cm³/mol. The van der Waals surface area contributed by atoms with Crippen molar-refractivity contribution in [2.24, 2.45) is 0 Å². The van der Waals surface area contributed by atoms with E-state index in [9.17, 15) is 18.0 Å². The highest BCUT2D eigenvalue weighted by Gasteiger charge is 2.43. The summed E-state index contributed by atoms with van der Waals surface area (Å²) in [6.45, 7) is 2.81. The van der Waals surface area contributed by atoms with E-state index >= 15 is 0 Å². The van der Waals surface area contributed by atoms with E-state index in [4.69, 9.17) is 14.6 Å². The first-order chi connectivity index (χ1) is 14.7. The Kier molecular flexibility index (Phi) is 7.25. The largest absolute Gasteiger partial charge is 0.492 e. The number of aliphatic carboxylic acids is 1. The molecule has 1 N–H and O–H groups in total. The van der Waals surface area contributed by atoms with Gasteiger partial charge in [-0.2, -0.15) is 13.2 Å². The van der Waals surface area contributed by atoms with Gasteiger partial charge in [-0.1, -0.05) is 18.2 Å². The molecule has 0 unspecified atom stereocenters. The number of carboxylic acid groups (broad SMARTS) is 1. The Labute approximate surface area is 190 Å². The van der Waals surface area contributed by atoms with Crippen molar-refractivity contribution in [2.75, 3.05) is 26.2 Å². The number of ether oxygens (including phenoxy) is 2. The smallest absolute Gasteiger partial charge is 0.416 e. The summed E-state index contributed by atoms with van der Waals surface area (Å²) in [4.78, 5) is 13.0. The van der Waals surface area contributed by atoms with E-state index in [1.807, 2.05) is 12.1 Å². The molecule has 2 aromatic rings. The second kappa shape index (κ2) is 9.58. The van der Waals surface area contributed by atoms with Crippen molar-refractivity contribution in [2.45, 2.75) is 37.5 Å². The van der Waals surface area contributed by atoms with Crippen LogP contribution in [0.25, 0.3) is 0 Å². The number of likely N-dealkylation sites (tertiary alicyclic amines) is 1. The maximum Gasteiger partial charge on any atom is 0.416 e. The third-order valence-electron chi connectivity index (χ3n) is 6.14. The van der Waals surface area contributed by atoms with Crippen molar-refractivity contribution in [3.63, 3.8) is 0 Å². The van der Waals surface area contributed by atoms with E-state index in [0.29, 0.717) is 24.5 Å². The molecule has 32 heavy (non-hydrogen) atoms. The van der Waals surface area contributed by atoms with Gasteiger partial charge < -0.3 is 19.5 Å². The SMILES string of the molecule is Cl.O=C(O)CCN1CCC2(CC1)COc1cc(OCc3cccc(C(F)(F)F)c3)ccc12. The van der Waals surface area contributed by atoms with Gasteiger partial charge in [-0.3, -0.25) is 4.79 Å². The molecule has 0 radical (unpaired) electrons. The molecule has 0 aromatic heterocycles. The summed E-state index contributed by atoms with van der Waals surface area (Å²) >= 11 is 0. The molecule has 4 rings (SSSR count). The third kappa shape index (κ3) is 5.30. The van der Waals surface area contributed by atoms with Crippen LogP contribution in [0.3, 0.4) is 0 Å². The first-order valence-electron chi connectivity index (χ1n) is 10.3. The third-order valence-corrected chi connectivity index (χ3v) is 6.14. The molecule has 0 aliphatic carbocycles. The minimum absolute atomic E-state index is 0. The zero-order valence-electron chi connectivity index (χ0n) is 17.4. The van der Waals surface area contributed by atoms with Crippen molar-refractivity contribution in [3.05, 3.63) is 59.2 Å². The second-order valence-corrected chi connectivity index (χ2v) is 8.20. The molecule has 0 saturated carbocycles. The summed E-state index contributed by atoms with van der Waals surface area (Å²) in [6, 6.07) is 10.7. The number of hydrogen-bond acceptors (Lipinski definition) is 4. The lowest BCUT2D eigenvalue weighted by atomic mass is 9.74. The number of alkyl halides is 3. The Hall–Kier alpha value is -2.45. The lowest BCUT2D eigenvalue weighted by Crippen LogP contribution is -2.44. The summed E-state index contributed by atoms with van der Waals surface area (Å²) in [5.74, 6) is 0.514. The van der Waals surface area contributed by atoms with Gasteiger partial charge in [0.15, 0.2) is 0 Å². The van der Waals surface area contributed by atoms with Crippen LogP contribution in [-0.4, -0.2) is 42.2 Å². The number of carbonyl (C=O) groups is 1. The highest BCUT2D eigenvalue weighted by molar-refractivity contribution is 5.85. The second-order valence-electron chi connectivity index (χ2n) is 8.20. The molecule has 9 heteroatoms. The maximum atomic E-state index is 12.9. The summed E-state index contributed by atoms with van der Waals surface area (Å²) < 4.78 is 50.3. The summed E-state index contributed by atoms with van der Waals surface area (Å²) in [5, 5.41) is 8.86. The summed E-state index contributed by atoms with van der Waals surface area (Å²) in [5.41, 5.74) is 0.801. The van der Waals surface area contributed by atoms with Crippen LogP contribution >= 0.6 is 12.4 Å². The van der Waals surface area contributed by atoms with E-state index in [0.717, 1.165) is 49.4 Å². The van der Waals surface area contributed by atoms with Gasteiger partial charge in [0.25, 0.3) is 0 Å². The van der Waals surface area contributed by atoms with E-state index in [-0.39, 0.29) is 30.8 Å². The van der Waals surface area contributed by atoms with Gasteiger partial charge in [-0.05, 0) is 49.7 Å². The molecule has 1 saturated heterocycles. The Morgan fingerprint density at radius 3 is 2.59 bits per heavy atom. The number of benzene rings is 2. The van der Waals surface area contributed by atoms with Gasteiger partial charge in [0.1, 0.15) is 18.1 Å². The molecule has 0 atom stereocenters. The van der Waals surface area contributed by atoms with Gasteiger partial charge in [0.2, 0.25) is 0 Å². The first-order valence-corrected chi connectivity index (χ1v) is 10.3. The fraction of sp³-hybridized carbons (Fsp3) is 0.435. The van der Waals surface area contributed by atoms with Crippen LogP contribution in [0.15, 0.2) is 42.5 Å². The zero-order valence-corrected chi connectivity index (χ0v) is 18.2. The fourth-order valence-electron chi connectivity index (χ4n) is 4.32. The van der Waals surface area contributed by atoms with Gasteiger partial charge in [0.05, 0.1) is 18.6 Å². The molecule has 1 fully saturated rings. The zero-order chi connectivity index (χ0) is 22.1. The van der Waals surface area contributed by atoms with Gasteiger partial charge in [-0.25, -0.2) is 0 Å². The van der Waals surface area contributed by atoms with Crippen LogP contribution < -0.4 is 9.47 Å². The molecule has 5 nitrogen and oxygen atoms in total. The monoisotopic (exact) mass is 471 g/mol. The van der Waals surface area contributed by atoms with Crippen molar-refractivity contribution in [3.8, 4) is 11.5 Å². The molecule has 2 aliphatic heterocycles. The fourth-order valence-corrected chi connectivity index (χ4v) is 4.32. The topological polar surface area (TPSA) is 59.0 Å². The predicted octanol–water partition coefficient (Wildman–Crippen LogP) is 4.91. The normalized spacial score (nSPS) is 17.3. The Balaban J connectivity index is 0.00000289. The molecule has 2 aromatic carbocycles. The minimum Gasteiger partial charge on any atom is -0.492 e. The van der Waals surface area contributed by atoms with Crippen LogP contribution in [0.5, 0.6) is 11.5 Å². The van der Waals surface area contributed by atoms with E-state index < -0.39 is 17.7 Å². The molecule has 0 bridgehead atoms. The highest BCUT2D eigenvalue weighted by Crippen LogP contribution is 2.46. The number of carboxylic acids is 1. The lowest BCUT2D eigenvalue weighted by Gasteiger charge is -2.38. The van der Waals surface area contributed by atoms with E-state index in [1.54, 1.807) is 12.1 Å². The molecule has 1 spiro atoms. The van der Waals surface area contributed by atoms with Crippen LogP contribution in [0.1, 0.15) is 36.0 Å². The van der Waals surface area contributed by atoms with Gasteiger partial charge in [0, 0.05) is 23.6 Å². The number of hydrogen-bond donors (Lipinski definition) is 1. The number of nitrogens with zero attached hydrogens (tertiary/aromatic N) is 1. The summed E-state index contributed by atoms with van der Waals surface area (Å²) in [6.07, 6.45) is -2.45. The lowest BCUT2D eigenvalue weighted by molar-refractivity contribution is -0.138. The van der Waals surface area contributed by atoms with Crippen molar-refractivity contribution in [1.29, 1.82) is 0 Å². The number of halogens is 4. The van der Waals surface area contributed by atoms with Crippen molar-refractivity contribution >= 4 is 18.4 Å². The molecule has 0 amide bonds. The molecular weight excluding hydrogens is 447 g/mol. The van der Waals surface area contributed by atoms with Crippen LogP contribution in [0.2, 0.25) is 0 Å². The number of piperidine rings is 1. The maximum absolute atomic E-state index is 12.9. The first kappa shape index (κ1) is 24.2. The van der Waals surface area contributed by atoms with Gasteiger partial charge in [-0.15, -0.1) is 12.4 Å². The van der Waals surface area contributed by atoms with E-state index in [2.05, 4.69) is 4.90 Å². The van der Waals surface area contributed by atoms with E-state index in [1.165, 1.54) is 6.07 Å². The summed E-state index contributed by atoms with van der Waals surface area (Å²) in [7, 11) is 0. The van der Waals surface area contributed by atoms with Crippen LogP contribution in [0.4, 0.5) is 13.2 Å². The van der Waals surface area contributed by atoms with Crippen molar-refractivity contribution < 1.29 is 32.5 Å². The van der Waals surface area contributed by atoms with Crippen molar-refractivity contribution in [1.82, 2.24) is 4.90 Å². The standard InChI is InChI=1S/C23H24F3NO4.ClH/c24-23(25,26)17-3-1-2-16(12-17)14-30-18-4-5-19-20(13-18)31-15-22(19)7-10-27(11-8-22)9-6-21(28)29;/h1-5,12-13H,6-11,14-15H2,(H,28,29);1H. The Bertz CT molecular complexity index is 958. The molecular formula is C23H25ClF3NO4. The molecule has 2 heterocycles. The van der Waals surface area contributed by atoms with Gasteiger partial charge >= 0.3 is 12.1 Å². The van der Waals surface area contributed by atoms with Crippen LogP contribution in [-0.2, 0) is 23.0 Å². The number of rotatable bonds is 6. The average Bonchev–Trinajstić information content (AvgIpc) is 3.09. The average molecular weight is 472 g/mol. The highest BCUT2D eigenvalue weighted by atomic mass is 35.5. The van der Waals surface area contributed by atoms with Crippen LogP contribution in [0, 0.1) is 0 Å².